The Morgan fingerprint density at radius 3 is 2.00 bits per heavy atom. The molecule has 0 radical (unpaired) electrons. The summed E-state index contributed by atoms with van der Waals surface area (Å²) in [6.07, 6.45) is 0. The molecule has 18 heavy (non-hydrogen) atoms. The molecule has 2 rings (SSSR count). The van der Waals surface area contributed by atoms with Crippen LogP contribution in [0.25, 0.3) is 11.1 Å². The number of rotatable bonds is 2. The van der Waals surface area contributed by atoms with E-state index in [4.69, 9.17) is 0 Å². The molecule has 0 atom stereocenters. The van der Waals surface area contributed by atoms with Gasteiger partial charge in [-0.25, -0.2) is 0 Å². The first-order valence-corrected chi connectivity index (χ1v) is 6.13. The van der Waals surface area contributed by atoms with Gasteiger partial charge in [0.25, 0.3) is 0 Å². The van der Waals surface area contributed by atoms with Crippen LogP contribution in [0.2, 0.25) is 0 Å². The Balaban J connectivity index is 0.00000162. The summed E-state index contributed by atoms with van der Waals surface area (Å²) < 4.78 is 2.10. The molecule has 0 fully saturated rings. The Hall–Kier alpha value is -0.908. The summed E-state index contributed by atoms with van der Waals surface area (Å²) in [6.45, 7) is 10.7. The first-order valence-electron chi connectivity index (χ1n) is 6.13. The standard InChI is InChI=1S/C15H20N2.Pd/c1-10(2)17-13(5)15(12(4)16-17)14-8-6-11(3)7-9-14;/h6-10H,1-5H3;. The van der Waals surface area contributed by atoms with Crippen LogP contribution in [0.5, 0.6) is 0 Å². The molecule has 0 aliphatic carbocycles. The van der Waals surface area contributed by atoms with Crippen LogP contribution in [0.1, 0.15) is 36.8 Å². The first kappa shape index (κ1) is 15.2. The first-order chi connectivity index (χ1) is 8.00. The van der Waals surface area contributed by atoms with E-state index >= 15 is 0 Å². The number of nitrogens with zero attached hydrogens (tertiary/aromatic N) is 2. The topological polar surface area (TPSA) is 17.8 Å². The van der Waals surface area contributed by atoms with E-state index in [9.17, 15) is 0 Å². The number of hydrogen-bond acceptors (Lipinski definition) is 1. The monoisotopic (exact) mass is 334 g/mol. The van der Waals surface area contributed by atoms with E-state index in [0.717, 1.165) is 5.69 Å². The van der Waals surface area contributed by atoms with E-state index in [1.165, 1.54) is 22.4 Å². The van der Waals surface area contributed by atoms with E-state index in [0.29, 0.717) is 6.04 Å². The molecule has 0 N–H and O–H groups in total. The van der Waals surface area contributed by atoms with Crippen molar-refractivity contribution >= 4 is 0 Å². The van der Waals surface area contributed by atoms with Gasteiger partial charge in [-0.3, -0.25) is 4.68 Å². The van der Waals surface area contributed by atoms with Crippen molar-refractivity contribution in [3.05, 3.63) is 41.2 Å². The summed E-state index contributed by atoms with van der Waals surface area (Å²) in [7, 11) is 0. The Bertz CT molecular complexity index is 524. The molecular formula is C15H20N2Pd. The largest absolute Gasteiger partial charge is 0.266 e. The number of hydrogen-bond donors (Lipinski definition) is 0. The molecule has 1 heterocycles. The molecule has 2 aromatic rings. The quantitative estimate of drug-likeness (QED) is 0.757. The van der Waals surface area contributed by atoms with E-state index in [2.05, 4.69) is 68.7 Å². The van der Waals surface area contributed by atoms with Gasteiger partial charge in [-0.1, -0.05) is 29.8 Å². The average Bonchev–Trinajstić information content (AvgIpc) is 2.56. The minimum absolute atomic E-state index is 0. The minimum atomic E-state index is 0. The number of aryl methyl sites for hydroxylation is 2. The van der Waals surface area contributed by atoms with Gasteiger partial charge in [0.05, 0.1) is 5.69 Å². The van der Waals surface area contributed by atoms with Crippen LogP contribution in [0.15, 0.2) is 24.3 Å². The van der Waals surface area contributed by atoms with Crippen LogP contribution in [-0.2, 0) is 20.4 Å². The Morgan fingerprint density at radius 1 is 1.00 bits per heavy atom. The van der Waals surface area contributed by atoms with Crippen molar-refractivity contribution in [2.24, 2.45) is 0 Å². The second-order valence-corrected chi connectivity index (χ2v) is 4.95. The van der Waals surface area contributed by atoms with Crippen LogP contribution in [0, 0.1) is 20.8 Å². The van der Waals surface area contributed by atoms with E-state index in [1.54, 1.807) is 0 Å². The van der Waals surface area contributed by atoms with E-state index < -0.39 is 0 Å². The predicted octanol–water partition coefficient (Wildman–Crippen LogP) is 4.05. The normalized spacial score (nSPS) is 10.6. The van der Waals surface area contributed by atoms with Crippen molar-refractivity contribution in [1.29, 1.82) is 0 Å². The fraction of sp³-hybridized carbons (Fsp3) is 0.400. The maximum atomic E-state index is 4.63. The van der Waals surface area contributed by atoms with Crippen molar-refractivity contribution in [3.8, 4) is 11.1 Å². The molecule has 0 aliphatic rings. The Kier molecular flexibility index (Phi) is 4.90. The van der Waals surface area contributed by atoms with Crippen molar-refractivity contribution in [2.75, 3.05) is 0 Å². The summed E-state index contributed by atoms with van der Waals surface area (Å²) in [4.78, 5) is 0. The van der Waals surface area contributed by atoms with Gasteiger partial charge in [-0.2, -0.15) is 5.10 Å². The summed E-state index contributed by atoms with van der Waals surface area (Å²) >= 11 is 0. The Morgan fingerprint density at radius 2 is 1.56 bits per heavy atom. The van der Waals surface area contributed by atoms with Gasteiger partial charge in [-0.05, 0) is 40.2 Å². The van der Waals surface area contributed by atoms with E-state index in [-0.39, 0.29) is 20.4 Å². The molecule has 1 aromatic carbocycles. The van der Waals surface area contributed by atoms with Crippen molar-refractivity contribution in [1.82, 2.24) is 9.78 Å². The molecule has 100 valence electrons. The number of benzene rings is 1. The van der Waals surface area contributed by atoms with Gasteiger partial charge in [-0.15, -0.1) is 0 Å². The Labute approximate surface area is 123 Å². The van der Waals surface area contributed by atoms with Crippen LogP contribution in [0.4, 0.5) is 0 Å². The maximum absolute atomic E-state index is 4.63. The SMILES string of the molecule is Cc1ccc(-c2c(C)nn(C(C)C)c2C)cc1.[Pd]. The smallest absolute Gasteiger partial charge is 0.0675 e. The summed E-state index contributed by atoms with van der Waals surface area (Å²) in [5, 5.41) is 4.63. The third-order valence-electron chi connectivity index (χ3n) is 3.15. The van der Waals surface area contributed by atoms with Gasteiger partial charge in [0.2, 0.25) is 0 Å². The van der Waals surface area contributed by atoms with Crippen LogP contribution < -0.4 is 0 Å². The molecule has 1 aromatic heterocycles. The molecule has 0 saturated carbocycles. The van der Waals surface area contributed by atoms with Gasteiger partial charge < -0.3 is 0 Å². The van der Waals surface area contributed by atoms with Gasteiger partial charge in [0.15, 0.2) is 0 Å². The zero-order chi connectivity index (χ0) is 12.6. The molecule has 0 saturated heterocycles. The zero-order valence-corrected chi connectivity index (χ0v) is 13.2. The second kappa shape index (κ2) is 5.82. The molecule has 0 unspecified atom stereocenters. The third kappa shape index (κ3) is 2.74. The minimum Gasteiger partial charge on any atom is -0.266 e. The summed E-state index contributed by atoms with van der Waals surface area (Å²) in [5.41, 5.74) is 6.19. The number of aromatic nitrogens is 2. The van der Waals surface area contributed by atoms with Crippen molar-refractivity contribution in [2.45, 2.75) is 40.7 Å². The molecule has 0 amide bonds. The van der Waals surface area contributed by atoms with Crippen LogP contribution >= 0.6 is 0 Å². The van der Waals surface area contributed by atoms with E-state index in [1.807, 2.05) is 0 Å². The van der Waals surface area contributed by atoms with Crippen molar-refractivity contribution < 1.29 is 20.4 Å². The van der Waals surface area contributed by atoms with Crippen molar-refractivity contribution in [3.63, 3.8) is 0 Å². The summed E-state index contributed by atoms with van der Waals surface area (Å²) in [5.74, 6) is 0. The molecule has 2 nitrogen and oxygen atoms in total. The molecular weight excluding hydrogens is 315 g/mol. The molecule has 0 bridgehead atoms. The maximum Gasteiger partial charge on any atom is 0.0675 e. The molecule has 0 aliphatic heterocycles. The van der Waals surface area contributed by atoms with Crippen LogP contribution in [-0.4, -0.2) is 9.78 Å². The fourth-order valence-corrected chi connectivity index (χ4v) is 2.30. The van der Waals surface area contributed by atoms with Gasteiger partial charge >= 0.3 is 0 Å². The fourth-order valence-electron chi connectivity index (χ4n) is 2.30. The van der Waals surface area contributed by atoms with Gasteiger partial charge in [0.1, 0.15) is 0 Å². The van der Waals surface area contributed by atoms with Crippen LogP contribution in [0.3, 0.4) is 0 Å². The second-order valence-electron chi connectivity index (χ2n) is 4.95. The molecule has 0 spiro atoms. The van der Waals surface area contributed by atoms with Gasteiger partial charge in [0, 0.05) is 37.7 Å². The zero-order valence-electron chi connectivity index (χ0n) is 11.6. The third-order valence-corrected chi connectivity index (χ3v) is 3.15. The molecule has 3 heteroatoms. The average molecular weight is 335 g/mol. The summed E-state index contributed by atoms with van der Waals surface area (Å²) in [6, 6.07) is 9.07. The predicted molar refractivity (Wildman–Crippen MR) is 72.3 cm³/mol.